The Kier molecular flexibility index (Phi) is 12.8. The molecule has 4 heteroatoms. The molecule has 4 nitrogen and oxygen atoms in total. The van der Waals surface area contributed by atoms with Gasteiger partial charge in [0, 0.05) is 39.9 Å². The first-order valence-electron chi connectivity index (χ1n) is 6.33. The van der Waals surface area contributed by atoms with Gasteiger partial charge >= 0.3 is 0 Å². The van der Waals surface area contributed by atoms with Crippen LogP contribution in [-0.2, 0) is 9.47 Å². The number of rotatable bonds is 12. The van der Waals surface area contributed by atoms with Crippen LogP contribution in [0, 0.1) is 0 Å². The van der Waals surface area contributed by atoms with Crippen LogP contribution in [-0.4, -0.2) is 52.6 Å². The number of hydrogen-bond acceptors (Lipinski definition) is 4. The molecule has 0 saturated heterocycles. The van der Waals surface area contributed by atoms with Gasteiger partial charge in [0.15, 0.2) is 0 Å². The largest absolute Gasteiger partial charge is 0.380 e. The fourth-order valence-corrected chi connectivity index (χ4v) is 1.18. The summed E-state index contributed by atoms with van der Waals surface area (Å²) in [6.45, 7) is 9.74. The fourth-order valence-electron chi connectivity index (χ4n) is 1.18. The molecule has 0 fully saturated rings. The van der Waals surface area contributed by atoms with Gasteiger partial charge in [-0.05, 0) is 13.3 Å². The highest BCUT2D eigenvalue weighted by molar-refractivity contribution is 4.56. The van der Waals surface area contributed by atoms with E-state index in [1.54, 1.807) is 7.11 Å². The lowest BCUT2D eigenvalue weighted by atomic mass is 10.4. The van der Waals surface area contributed by atoms with E-state index in [9.17, 15) is 0 Å². The Balaban J connectivity index is 2.93. The lowest BCUT2D eigenvalue weighted by Crippen LogP contribution is -2.33. The van der Waals surface area contributed by atoms with Crippen molar-refractivity contribution < 1.29 is 9.47 Å². The summed E-state index contributed by atoms with van der Waals surface area (Å²) in [5, 5.41) is 6.64. The van der Waals surface area contributed by atoms with Crippen molar-refractivity contribution in [3.05, 3.63) is 0 Å². The molecule has 0 aliphatic rings. The number of ether oxygens (including phenoxy) is 2. The van der Waals surface area contributed by atoms with Crippen LogP contribution in [0.5, 0.6) is 0 Å². The molecule has 16 heavy (non-hydrogen) atoms. The normalized spacial score (nSPS) is 12.9. The van der Waals surface area contributed by atoms with E-state index in [0.29, 0.717) is 0 Å². The molecule has 0 bridgehead atoms. The van der Waals surface area contributed by atoms with E-state index in [0.717, 1.165) is 45.8 Å². The molecule has 0 amide bonds. The topological polar surface area (TPSA) is 42.5 Å². The van der Waals surface area contributed by atoms with Gasteiger partial charge in [0.25, 0.3) is 0 Å². The molecule has 0 heterocycles. The second-order valence-corrected chi connectivity index (χ2v) is 3.97. The van der Waals surface area contributed by atoms with Crippen LogP contribution in [0.15, 0.2) is 0 Å². The van der Waals surface area contributed by atoms with Crippen molar-refractivity contribution in [2.24, 2.45) is 0 Å². The molecule has 0 aliphatic carbocycles. The zero-order valence-corrected chi connectivity index (χ0v) is 11.1. The molecule has 0 aromatic carbocycles. The summed E-state index contributed by atoms with van der Waals surface area (Å²) in [5.41, 5.74) is 0. The minimum absolute atomic E-state index is 0.289. The summed E-state index contributed by atoms with van der Waals surface area (Å²) in [4.78, 5) is 0. The minimum atomic E-state index is 0.289. The van der Waals surface area contributed by atoms with Crippen molar-refractivity contribution >= 4 is 0 Å². The first-order valence-corrected chi connectivity index (χ1v) is 6.33. The summed E-state index contributed by atoms with van der Waals surface area (Å²) < 4.78 is 10.6. The molecule has 2 N–H and O–H groups in total. The highest BCUT2D eigenvalue weighted by Crippen LogP contribution is 1.86. The second kappa shape index (κ2) is 12.9. The Bertz CT molecular complexity index is 134. The number of nitrogens with one attached hydrogen (secondary N) is 2. The van der Waals surface area contributed by atoms with Crippen LogP contribution in [0.1, 0.15) is 26.7 Å². The molecule has 0 aliphatic heterocycles. The molecule has 1 unspecified atom stereocenters. The van der Waals surface area contributed by atoms with Crippen LogP contribution in [0.3, 0.4) is 0 Å². The van der Waals surface area contributed by atoms with Gasteiger partial charge < -0.3 is 20.1 Å². The molecular weight excluding hydrogens is 204 g/mol. The van der Waals surface area contributed by atoms with E-state index in [1.165, 1.54) is 6.42 Å². The Morgan fingerprint density at radius 3 is 2.50 bits per heavy atom. The second-order valence-electron chi connectivity index (χ2n) is 3.97. The van der Waals surface area contributed by atoms with Crippen LogP contribution < -0.4 is 10.6 Å². The van der Waals surface area contributed by atoms with E-state index in [4.69, 9.17) is 9.47 Å². The molecular formula is C12H28N2O2. The Morgan fingerprint density at radius 1 is 1.06 bits per heavy atom. The predicted molar refractivity (Wildman–Crippen MR) is 67.9 cm³/mol. The van der Waals surface area contributed by atoms with E-state index in [2.05, 4.69) is 24.5 Å². The third-order valence-electron chi connectivity index (χ3n) is 2.38. The van der Waals surface area contributed by atoms with Crippen LogP contribution >= 0.6 is 0 Å². The lowest BCUT2D eigenvalue weighted by molar-refractivity contribution is 0.117. The Labute approximate surface area is 100 Å². The van der Waals surface area contributed by atoms with Gasteiger partial charge in [0.1, 0.15) is 0 Å². The Morgan fingerprint density at radius 2 is 1.81 bits per heavy atom. The van der Waals surface area contributed by atoms with Crippen molar-refractivity contribution in [2.45, 2.75) is 32.8 Å². The third kappa shape index (κ3) is 11.9. The quantitative estimate of drug-likeness (QED) is 0.493. The molecule has 1 atom stereocenters. The third-order valence-corrected chi connectivity index (χ3v) is 2.38. The van der Waals surface area contributed by atoms with E-state index < -0.39 is 0 Å². The summed E-state index contributed by atoms with van der Waals surface area (Å²) in [7, 11) is 1.73. The van der Waals surface area contributed by atoms with Crippen LogP contribution in [0.2, 0.25) is 0 Å². The van der Waals surface area contributed by atoms with Gasteiger partial charge in [-0.3, -0.25) is 0 Å². The maximum Gasteiger partial charge on any atom is 0.0667 e. The monoisotopic (exact) mass is 232 g/mol. The Hall–Kier alpha value is -0.160. The predicted octanol–water partition coefficient (Wildman–Crippen LogP) is 1.02. The van der Waals surface area contributed by atoms with Gasteiger partial charge in [0.05, 0.1) is 12.7 Å². The highest BCUT2D eigenvalue weighted by atomic mass is 16.5. The van der Waals surface area contributed by atoms with Gasteiger partial charge in [-0.1, -0.05) is 13.3 Å². The maximum atomic E-state index is 5.43. The van der Waals surface area contributed by atoms with E-state index in [1.807, 2.05) is 0 Å². The van der Waals surface area contributed by atoms with E-state index >= 15 is 0 Å². The van der Waals surface area contributed by atoms with Crippen LogP contribution in [0.25, 0.3) is 0 Å². The molecule has 0 aromatic rings. The SMILES string of the molecule is CCCCOCCNCCNCC(C)OC. The molecule has 0 spiro atoms. The van der Waals surface area contributed by atoms with Crippen molar-refractivity contribution in [3.8, 4) is 0 Å². The standard InChI is InChI=1S/C12H28N2O2/c1-4-5-9-16-10-8-13-6-7-14-11-12(2)15-3/h12-14H,4-11H2,1-3H3. The number of unbranched alkanes of at least 4 members (excludes halogenated alkanes) is 1. The lowest BCUT2D eigenvalue weighted by Gasteiger charge is -2.11. The number of methoxy groups -OCH3 is 1. The summed E-state index contributed by atoms with van der Waals surface area (Å²) >= 11 is 0. The zero-order chi connectivity index (χ0) is 12.1. The van der Waals surface area contributed by atoms with Crippen molar-refractivity contribution in [1.29, 1.82) is 0 Å². The van der Waals surface area contributed by atoms with Crippen LogP contribution in [0.4, 0.5) is 0 Å². The smallest absolute Gasteiger partial charge is 0.0667 e. The first-order chi connectivity index (χ1) is 7.81. The van der Waals surface area contributed by atoms with E-state index in [-0.39, 0.29) is 6.10 Å². The average Bonchev–Trinajstić information content (AvgIpc) is 2.31. The minimum Gasteiger partial charge on any atom is -0.380 e. The highest BCUT2D eigenvalue weighted by Gasteiger charge is 1.96. The molecule has 0 saturated carbocycles. The number of hydrogen-bond donors (Lipinski definition) is 2. The summed E-state index contributed by atoms with van der Waals surface area (Å²) in [5.74, 6) is 0. The van der Waals surface area contributed by atoms with Gasteiger partial charge in [-0.25, -0.2) is 0 Å². The maximum absolute atomic E-state index is 5.43. The van der Waals surface area contributed by atoms with Gasteiger partial charge in [-0.2, -0.15) is 0 Å². The average molecular weight is 232 g/mol. The summed E-state index contributed by atoms with van der Waals surface area (Å²) in [6.07, 6.45) is 2.66. The van der Waals surface area contributed by atoms with Crippen molar-refractivity contribution in [2.75, 3.05) is 46.5 Å². The molecule has 0 aromatic heterocycles. The first kappa shape index (κ1) is 15.8. The molecule has 98 valence electrons. The van der Waals surface area contributed by atoms with Crippen molar-refractivity contribution in [1.82, 2.24) is 10.6 Å². The van der Waals surface area contributed by atoms with Crippen molar-refractivity contribution in [3.63, 3.8) is 0 Å². The zero-order valence-electron chi connectivity index (χ0n) is 11.1. The van der Waals surface area contributed by atoms with Gasteiger partial charge in [-0.15, -0.1) is 0 Å². The molecule has 0 radical (unpaired) electrons. The van der Waals surface area contributed by atoms with Gasteiger partial charge in [0.2, 0.25) is 0 Å². The summed E-state index contributed by atoms with van der Waals surface area (Å²) in [6, 6.07) is 0. The molecule has 0 rings (SSSR count). The fraction of sp³-hybridized carbons (Fsp3) is 1.00.